The van der Waals surface area contributed by atoms with Crippen LogP contribution >= 0.6 is 0 Å². The summed E-state index contributed by atoms with van der Waals surface area (Å²) in [5.74, 6) is -1.19. The summed E-state index contributed by atoms with van der Waals surface area (Å²) >= 11 is 0. The number of amides is 3. The van der Waals surface area contributed by atoms with Gasteiger partial charge >= 0.3 is 12.0 Å². The summed E-state index contributed by atoms with van der Waals surface area (Å²) in [6.45, 7) is 0.486. The number of carbonyl (C=O) groups is 3. The number of hydrogen-bond donors (Lipinski definition) is 3. The molecular weight excluding hydrogens is 262 g/mol. The van der Waals surface area contributed by atoms with Gasteiger partial charge in [0.1, 0.15) is 11.6 Å². The Balaban J connectivity index is 2.07. The van der Waals surface area contributed by atoms with Gasteiger partial charge in [0.25, 0.3) is 0 Å². The van der Waals surface area contributed by atoms with Crippen molar-refractivity contribution < 1.29 is 19.5 Å². The van der Waals surface area contributed by atoms with Crippen LogP contribution in [-0.2, 0) is 9.59 Å². The topological polar surface area (TPSA) is 98.7 Å². The van der Waals surface area contributed by atoms with Crippen LogP contribution in [0.2, 0.25) is 0 Å². The van der Waals surface area contributed by atoms with Crippen LogP contribution in [0.1, 0.15) is 38.5 Å². The molecule has 112 valence electrons. The van der Waals surface area contributed by atoms with Crippen molar-refractivity contribution >= 4 is 17.9 Å². The highest BCUT2D eigenvalue weighted by atomic mass is 16.4. The van der Waals surface area contributed by atoms with E-state index in [1.165, 1.54) is 11.9 Å². The second kappa shape index (κ2) is 5.68. The molecule has 20 heavy (non-hydrogen) atoms. The molecule has 2 aliphatic rings. The van der Waals surface area contributed by atoms with Gasteiger partial charge in [0, 0.05) is 13.6 Å². The quantitative estimate of drug-likeness (QED) is 0.694. The highest BCUT2D eigenvalue weighted by Crippen LogP contribution is 2.30. The van der Waals surface area contributed by atoms with Crippen molar-refractivity contribution in [3.05, 3.63) is 0 Å². The summed E-state index contributed by atoms with van der Waals surface area (Å²) in [7, 11) is 1.53. The van der Waals surface area contributed by atoms with Gasteiger partial charge in [0.05, 0.1) is 0 Å². The molecule has 0 radical (unpaired) electrons. The molecule has 0 aromatic carbocycles. The van der Waals surface area contributed by atoms with Gasteiger partial charge in [-0.25, -0.2) is 9.59 Å². The van der Waals surface area contributed by atoms with Crippen molar-refractivity contribution in [3.8, 4) is 0 Å². The molecule has 1 unspecified atom stereocenters. The molecular formula is C13H21N3O4. The Hall–Kier alpha value is -1.79. The monoisotopic (exact) mass is 283 g/mol. The molecule has 1 saturated carbocycles. The number of urea groups is 1. The highest BCUT2D eigenvalue weighted by Gasteiger charge is 2.45. The van der Waals surface area contributed by atoms with E-state index in [2.05, 4.69) is 10.6 Å². The molecule has 0 spiro atoms. The maximum atomic E-state index is 12.3. The molecule has 3 N–H and O–H groups in total. The molecule has 1 saturated heterocycles. The standard InChI is InChI=1S/C13H21N3O4/c1-14-10(17)9-5-4-8-16(9)12(20)15-13(11(18)19)6-2-3-7-13/h9H,2-8H2,1H3,(H,14,17)(H,15,20)(H,18,19). The minimum absolute atomic E-state index is 0.201. The summed E-state index contributed by atoms with van der Waals surface area (Å²) in [5, 5.41) is 14.6. The zero-order chi connectivity index (χ0) is 14.8. The first kappa shape index (κ1) is 14.6. The summed E-state index contributed by atoms with van der Waals surface area (Å²) in [5.41, 5.74) is -1.16. The molecule has 1 aliphatic carbocycles. The van der Waals surface area contributed by atoms with Gasteiger partial charge in [-0.05, 0) is 25.7 Å². The lowest BCUT2D eigenvalue weighted by Crippen LogP contribution is -2.58. The predicted molar refractivity (Wildman–Crippen MR) is 71.2 cm³/mol. The Labute approximate surface area is 117 Å². The van der Waals surface area contributed by atoms with Gasteiger partial charge in [-0.1, -0.05) is 12.8 Å². The van der Waals surface area contributed by atoms with Gasteiger partial charge in [-0.15, -0.1) is 0 Å². The minimum atomic E-state index is -1.16. The summed E-state index contributed by atoms with van der Waals surface area (Å²) in [4.78, 5) is 36.9. The van der Waals surface area contributed by atoms with Crippen molar-refractivity contribution in [2.24, 2.45) is 0 Å². The van der Waals surface area contributed by atoms with E-state index in [9.17, 15) is 19.5 Å². The van der Waals surface area contributed by atoms with Crippen LogP contribution < -0.4 is 10.6 Å². The first-order chi connectivity index (χ1) is 9.50. The van der Waals surface area contributed by atoms with Gasteiger partial charge in [-0.2, -0.15) is 0 Å². The van der Waals surface area contributed by atoms with Crippen molar-refractivity contribution in [3.63, 3.8) is 0 Å². The molecule has 3 amide bonds. The maximum absolute atomic E-state index is 12.3. The Bertz CT molecular complexity index is 418. The fourth-order valence-electron chi connectivity index (χ4n) is 3.10. The number of likely N-dealkylation sites (tertiary alicyclic amines) is 1. The van der Waals surface area contributed by atoms with E-state index < -0.39 is 23.6 Å². The molecule has 0 aromatic rings. The Morgan fingerprint density at radius 3 is 2.40 bits per heavy atom. The second-order valence-corrected chi connectivity index (χ2v) is 5.49. The van der Waals surface area contributed by atoms with Crippen LogP contribution in [0, 0.1) is 0 Å². The van der Waals surface area contributed by atoms with Gasteiger partial charge in [-0.3, -0.25) is 4.79 Å². The third-order valence-corrected chi connectivity index (χ3v) is 4.28. The van der Waals surface area contributed by atoms with E-state index in [1.807, 2.05) is 0 Å². The molecule has 0 bridgehead atoms. The number of carbonyl (C=O) groups excluding carboxylic acids is 2. The van der Waals surface area contributed by atoms with Crippen molar-refractivity contribution in [1.82, 2.24) is 15.5 Å². The molecule has 7 nitrogen and oxygen atoms in total. The number of nitrogens with zero attached hydrogens (tertiary/aromatic N) is 1. The SMILES string of the molecule is CNC(=O)C1CCCN1C(=O)NC1(C(=O)O)CCCC1. The van der Waals surface area contributed by atoms with Crippen LogP contribution in [0.25, 0.3) is 0 Å². The Morgan fingerprint density at radius 1 is 1.20 bits per heavy atom. The van der Waals surface area contributed by atoms with Crippen LogP contribution in [0.4, 0.5) is 4.79 Å². The first-order valence-corrected chi connectivity index (χ1v) is 7.04. The molecule has 2 rings (SSSR count). The molecule has 1 heterocycles. The molecule has 0 aromatic heterocycles. The van der Waals surface area contributed by atoms with Crippen LogP contribution in [0.15, 0.2) is 0 Å². The Morgan fingerprint density at radius 2 is 1.85 bits per heavy atom. The minimum Gasteiger partial charge on any atom is -0.480 e. The number of aliphatic carboxylic acids is 1. The number of nitrogens with one attached hydrogen (secondary N) is 2. The van der Waals surface area contributed by atoms with Crippen molar-refractivity contribution in [2.45, 2.75) is 50.1 Å². The Kier molecular flexibility index (Phi) is 4.15. The molecule has 2 fully saturated rings. The zero-order valence-electron chi connectivity index (χ0n) is 11.6. The van der Waals surface area contributed by atoms with Gasteiger partial charge in [0.15, 0.2) is 0 Å². The van der Waals surface area contributed by atoms with E-state index >= 15 is 0 Å². The zero-order valence-corrected chi connectivity index (χ0v) is 11.6. The van der Waals surface area contributed by atoms with E-state index in [-0.39, 0.29) is 5.91 Å². The van der Waals surface area contributed by atoms with Crippen molar-refractivity contribution in [1.29, 1.82) is 0 Å². The smallest absolute Gasteiger partial charge is 0.329 e. The van der Waals surface area contributed by atoms with Crippen molar-refractivity contribution in [2.75, 3.05) is 13.6 Å². The normalized spacial score (nSPS) is 24.4. The number of hydrogen-bond acceptors (Lipinski definition) is 3. The second-order valence-electron chi connectivity index (χ2n) is 5.49. The van der Waals surface area contributed by atoms with Crippen LogP contribution in [0.5, 0.6) is 0 Å². The van der Waals surface area contributed by atoms with E-state index in [4.69, 9.17) is 0 Å². The summed E-state index contributed by atoms with van der Waals surface area (Å²) in [6, 6.07) is -0.937. The number of rotatable bonds is 3. The van der Waals surface area contributed by atoms with Gasteiger partial charge in [0.2, 0.25) is 5.91 Å². The van der Waals surface area contributed by atoms with E-state index in [1.54, 1.807) is 0 Å². The largest absolute Gasteiger partial charge is 0.480 e. The first-order valence-electron chi connectivity index (χ1n) is 7.04. The fraction of sp³-hybridized carbons (Fsp3) is 0.769. The van der Waals surface area contributed by atoms with E-state index in [0.29, 0.717) is 25.8 Å². The lowest BCUT2D eigenvalue weighted by Gasteiger charge is -2.30. The highest BCUT2D eigenvalue weighted by molar-refractivity contribution is 5.90. The molecule has 1 aliphatic heterocycles. The van der Waals surface area contributed by atoms with Crippen LogP contribution in [0.3, 0.4) is 0 Å². The number of likely N-dealkylation sites (N-methyl/N-ethyl adjacent to an activating group) is 1. The third-order valence-electron chi connectivity index (χ3n) is 4.28. The fourth-order valence-corrected chi connectivity index (χ4v) is 3.10. The summed E-state index contributed by atoms with van der Waals surface area (Å²) < 4.78 is 0. The molecule has 7 heteroatoms. The third kappa shape index (κ3) is 2.57. The average Bonchev–Trinajstić information content (AvgIpc) is 3.06. The molecule has 1 atom stereocenters. The van der Waals surface area contributed by atoms with E-state index in [0.717, 1.165) is 19.3 Å². The maximum Gasteiger partial charge on any atom is 0.329 e. The van der Waals surface area contributed by atoms with Gasteiger partial charge < -0.3 is 20.6 Å². The van der Waals surface area contributed by atoms with Crippen LogP contribution in [-0.4, -0.2) is 53.1 Å². The number of carboxylic acid groups (broad SMARTS) is 1. The lowest BCUT2D eigenvalue weighted by atomic mass is 9.98. The summed E-state index contributed by atoms with van der Waals surface area (Å²) in [6.07, 6.45) is 3.87. The number of carboxylic acids is 1. The average molecular weight is 283 g/mol. The lowest BCUT2D eigenvalue weighted by molar-refractivity contribution is -0.144. The predicted octanol–water partition coefficient (Wildman–Crippen LogP) is 0.304.